The number of carbonyl (C=O) groups excluding carboxylic acids is 1. The molecule has 0 amide bonds. The van der Waals surface area contributed by atoms with Crippen LogP contribution < -0.4 is 0 Å². The molecule has 1 aliphatic heterocycles. The molecule has 1 saturated heterocycles. The number of aliphatic hydroxyl groups is 3. The molecule has 0 aliphatic carbocycles. The molecule has 0 aromatic rings. The second-order valence-electron chi connectivity index (χ2n) is 19.5. The normalized spacial score (nSPS) is 19.4. The van der Waals surface area contributed by atoms with Gasteiger partial charge in [-0.3, -0.25) is 9.35 Å². The van der Waals surface area contributed by atoms with E-state index in [-0.39, 0.29) is 19.6 Å². The first kappa shape index (κ1) is 63.9. The van der Waals surface area contributed by atoms with Crippen LogP contribution in [0.1, 0.15) is 264 Å². The molecule has 6 unspecified atom stereocenters. The Hall–Kier alpha value is -1.16. The van der Waals surface area contributed by atoms with Crippen LogP contribution in [0, 0.1) is 0 Å². The number of ether oxygens (including phenoxy) is 4. The molecule has 0 saturated carbocycles. The minimum absolute atomic E-state index is 0.0390. The summed E-state index contributed by atoms with van der Waals surface area (Å²) in [5.41, 5.74) is 0. The number of unbranched alkanes of at least 4 members (excludes halogenated alkanes) is 35. The van der Waals surface area contributed by atoms with Crippen molar-refractivity contribution in [1.29, 1.82) is 0 Å². The third-order valence-corrected chi connectivity index (χ3v) is 13.6. The van der Waals surface area contributed by atoms with Crippen molar-refractivity contribution in [2.75, 3.05) is 26.4 Å². The molecule has 1 heterocycles. The highest BCUT2D eigenvalue weighted by molar-refractivity contribution is 7.80. The highest BCUT2D eigenvalue weighted by Crippen LogP contribution is 2.26. The van der Waals surface area contributed by atoms with Gasteiger partial charge in [0.2, 0.25) is 0 Å². The summed E-state index contributed by atoms with van der Waals surface area (Å²) < 4.78 is 59.3. The van der Waals surface area contributed by atoms with E-state index in [4.69, 9.17) is 18.9 Å². The van der Waals surface area contributed by atoms with Crippen molar-refractivity contribution in [1.82, 2.24) is 0 Å². The van der Waals surface area contributed by atoms with Gasteiger partial charge in [-0.1, -0.05) is 231 Å². The zero-order valence-electron chi connectivity index (χ0n) is 43.0. The summed E-state index contributed by atoms with van der Waals surface area (Å²) in [6.07, 6.45) is 44.0. The van der Waals surface area contributed by atoms with Crippen LogP contribution >= 0.6 is 0 Å². The van der Waals surface area contributed by atoms with Crippen LogP contribution in [-0.4, -0.2) is 97.5 Å². The number of carbonyl (C=O) groups is 1. The van der Waals surface area contributed by atoms with Gasteiger partial charge in [-0.2, -0.15) is 8.42 Å². The molecule has 4 N–H and O–H groups in total. The fraction of sp³-hybridized carbons (Fsp3) is 0.944. The van der Waals surface area contributed by atoms with Crippen LogP contribution in [0.4, 0.5) is 0 Å². The molecule has 1 fully saturated rings. The predicted octanol–water partition coefficient (Wildman–Crippen LogP) is 13.4. The number of esters is 1. The molecule has 0 spiro atoms. The lowest BCUT2D eigenvalue weighted by Gasteiger charge is -2.41. The summed E-state index contributed by atoms with van der Waals surface area (Å²) in [6, 6.07) is 0. The molecule has 67 heavy (non-hydrogen) atoms. The topological polar surface area (TPSA) is 178 Å². The van der Waals surface area contributed by atoms with Gasteiger partial charge in [0.1, 0.15) is 30.5 Å². The number of allylic oxidation sites excluding steroid dienone is 2. The lowest BCUT2D eigenvalue weighted by Crippen LogP contribution is -2.60. The molecule has 398 valence electrons. The van der Waals surface area contributed by atoms with Gasteiger partial charge in [0.25, 0.3) is 0 Å². The van der Waals surface area contributed by atoms with Gasteiger partial charge in [0.15, 0.2) is 6.29 Å². The lowest BCUT2D eigenvalue weighted by molar-refractivity contribution is -0.301. The number of hydrogen-bond acceptors (Lipinski definition) is 11. The predicted molar refractivity (Wildman–Crippen MR) is 271 cm³/mol. The Bertz CT molecular complexity index is 1220. The molecular formula is C54H104O12S. The van der Waals surface area contributed by atoms with E-state index in [1.165, 1.54) is 180 Å². The summed E-state index contributed by atoms with van der Waals surface area (Å²) in [6.45, 7) is 4.03. The zero-order valence-corrected chi connectivity index (χ0v) is 43.8. The largest absolute Gasteiger partial charge is 0.457 e. The SMILES string of the molecule is CCCCCCCC/C=C\CCCCCCCC(=O)OC(COCCCCCCCCCCCCCCCCCCCCCCCCCCC)COC1OC(CO)C(O)C(OS(=O)(=O)O)C1O. The minimum Gasteiger partial charge on any atom is -0.457 e. The minimum atomic E-state index is -5.06. The first-order chi connectivity index (χ1) is 32.6. The van der Waals surface area contributed by atoms with Crippen molar-refractivity contribution in [3.8, 4) is 0 Å². The molecule has 1 rings (SSSR count). The van der Waals surface area contributed by atoms with Gasteiger partial charge in [0, 0.05) is 13.0 Å². The van der Waals surface area contributed by atoms with E-state index in [0.717, 1.165) is 57.8 Å². The van der Waals surface area contributed by atoms with Crippen molar-refractivity contribution in [2.24, 2.45) is 0 Å². The van der Waals surface area contributed by atoms with E-state index in [1.54, 1.807) is 0 Å². The van der Waals surface area contributed by atoms with Crippen molar-refractivity contribution >= 4 is 16.4 Å². The summed E-state index contributed by atoms with van der Waals surface area (Å²) in [7, 11) is -5.06. The number of hydrogen-bond donors (Lipinski definition) is 4. The fourth-order valence-corrected chi connectivity index (χ4v) is 9.41. The van der Waals surface area contributed by atoms with Gasteiger partial charge in [-0.25, -0.2) is 4.18 Å². The van der Waals surface area contributed by atoms with Crippen LogP contribution in [0.3, 0.4) is 0 Å². The van der Waals surface area contributed by atoms with Crippen LogP contribution in [0.2, 0.25) is 0 Å². The summed E-state index contributed by atoms with van der Waals surface area (Å²) in [5.74, 6) is -0.402. The average Bonchev–Trinajstić information content (AvgIpc) is 3.30. The van der Waals surface area contributed by atoms with Crippen LogP contribution in [0.5, 0.6) is 0 Å². The van der Waals surface area contributed by atoms with Gasteiger partial charge in [-0.05, 0) is 38.5 Å². The molecular weight excluding hydrogens is 873 g/mol. The number of rotatable bonds is 50. The lowest BCUT2D eigenvalue weighted by atomic mass is 9.99. The van der Waals surface area contributed by atoms with Crippen molar-refractivity contribution in [3.05, 3.63) is 12.2 Å². The maximum Gasteiger partial charge on any atom is 0.397 e. The van der Waals surface area contributed by atoms with E-state index in [9.17, 15) is 33.1 Å². The Morgan fingerprint density at radius 2 is 0.940 bits per heavy atom. The Morgan fingerprint density at radius 1 is 0.552 bits per heavy atom. The van der Waals surface area contributed by atoms with Gasteiger partial charge in [-0.15, -0.1) is 0 Å². The summed E-state index contributed by atoms with van der Waals surface area (Å²) in [5, 5.41) is 30.8. The van der Waals surface area contributed by atoms with Crippen LogP contribution in [-0.2, 0) is 38.3 Å². The van der Waals surface area contributed by atoms with E-state index in [2.05, 4.69) is 30.2 Å². The Kier molecular flexibility index (Phi) is 43.8. The highest BCUT2D eigenvalue weighted by Gasteiger charge is 2.48. The van der Waals surface area contributed by atoms with Crippen LogP contribution in [0.15, 0.2) is 12.2 Å². The van der Waals surface area contributed by atoms with Crippen LogP contribution in [0.25, 0.3) is 0 Å². The second-order valence-corrected chi connectivity index (χ2v) is 20.6. The Balaban J connectivity index is 2.27. The molecule has 0 radical (unpaired) electrons. The van der Waals surface area contributed by atoms with Gasteiger partial charge >= 0.3 is 16.4 Å². The first-order valence-corrected chi connectivity index (χ1v) is 29.3. The quantitative estimate of drug-likeness (QED) is 0.0197. The molecule has 12 nitrogen and oxygen atoms in total. The molecule has 0 bridgehead atoms. The Morgan fingerprint density at radius 3 is 1.34 bits per heavy atom. The first-order valence-electron chi connectivity index (χ1n) is 27.9. The summed E-state index contributed by atoms with van der Waals surface area (Å²) in [4.78, 5) is 12.9. The van der Waals surface area contributed by atoms with Gasteiger partial charge in [0.05, 0.1) is 19.8 Å². The van der Waals surface area contributed by atoms with E-state index >= 15 is 0 Å². The zero-order chi connectivity index (χ0) is 48.9. The molecule has 13 heteroatoms. The molecule has 0 aromatic heterocycles. The Labute approximate surface area is 410 Å². The standard InChI is InChI=1S/C54H104O12S/c1-3-5-7-9-11-13-15-17-19-20-21-22-23-24-25-26-27-28-30-32-34-36-38-40-42-44-62-46-48(47-63-54-52(58)53(66-67(59,60)61)51(57)49(45-55)65-54)64-50(56)43-41-39-37-35-33-31-29-18-16-14-12-10-8-6-4-2/h18,29,48-49,51-55,57-58H,3-17,19-28,30-47H2,1-2H3,(H,59,60,61)/b29-18-. The second kappa shape index (κ2) is 45.9. The van der Waals surface area contributed by atoms with Crippen molar-refractivity contribution in [3.63, 3.8) is 0 Å². The third kappa shape index (κ3) is 39.2. The highest BCUT2D eigenvalue weighted by atomic mass is 32.3. The average molecular weight is 977 g/mol. The summed E-state index contributed by atoms with van der Waals surface area (Å²) >= 11 is 0. The molecule has 0 aromatic carbocycles. The van der Waals surface area contributed by atoms with Crippen molar-refractivity contribution < 1.29 is 56.2 Å². The van der Waals surface area contributed by atoms with Crippen molar-refractivity contribution in [2.45, 2.75) is 301 Å². The maximum absolute atomic E-state index is 12.9. The smallest absolute Gasteiger partial charge is 0.397 e. The maximum atomic E-state index is 12.9. The third-order valence-electron chi connectivity index (χ3n) is 13.1. The van der Waals surface area contributed by atoms with E-state index in [1.807, 2.05) is 0 Å². The van der Waals surface area contributed by atoms with Gasteiger partial charge < -0.3 is 34.3 Å². The fourth-order valence-electron chi connectivity index (χ4n) is 8.91. The van der Waals surface area contributed by atoms with E-state index < -0.39 is 59.8 Å². The number of aliphatic hydroxyl groups excluding tert-OH is 3. The monoisotopic (exact) mass is 977 g/mol. The molecule has 6 atom stereocenters. The van der Waals surface area contributed by atoms with E-state index in [0.29, 0.717) is 13.0 Å². The molecule has 1 aliphatic rings.